The summed E-state index contributed by atoms with van der Waals surface area (Å²) >= 11 is 0. The van der Waals surface area contributed by atoms with E-state index in [2.05, 4.69) is 4.79 Å². The molecule has 5 nitrogen and oxygen atoms in total. The largest absolute Gasteiger partial charge is 0.457 e. The zero-order chi connectivity index (χ0) is 11.3. The maximum atomic E-state index is 11.5. The normalized spacial score (nSPS) is 20.6. The van der Waals surface area contributed by atoms with E-state index in [-0.39, 0.29) is 18.1 Å². The zero-order valence-corrected chi connectivity index (χ0v) is 8.73. The number of Topliss-reactive ketones (excluding diaryl/α,β-unsaturated/α-hetero) is 1. The average molecular weight is 210 g/mol. The van der Waals surface area contributed by atoms with E-state index in [1.807, 2.05) is 0 Å². The second kappa shape index (κ2) is 5.41. The maximum absolute atomic E-state index is 11.5. The van der Waals surface area contributed by atoms with Crippen molar-refractivity contribution in [3.05, 3.63) is 5.53 Å². The van der Waals surface area contributed by atoms with Gasteiger partial charge in [0.15, 0.2) is 0 Å². The van der Waals surface area contributed by atoms with Gasteiger partial charge in [-0.2, -0.15) is 4.79 Å². The number of hydrogen-bond donors (Lipinski definition) is 0. The van der Waals surface area contributed by atoms with Crippen LogP contribution in [-0.4, -0.2) is 28.9 Å². The predicted octanol–water partition coefficient (Wildman–Crippen LogP) is 0.980. The lowest BCUT2D eigenvalue weighted by molar-refractivity contribution is -0.142. The molecule has 0 saturated heterocycles. The summed E-state index contributed by atoms with van der Waals surface area (Å²) in [4.78, 5) is 25.8. The maximum Gasteiger partial charge on any atom is 0.417 e. The first-order chi connectivity index (χ1) is 7.20. The van der Waals surface area contributed by atoms with Crippen LogP contribution in [0.5, 0.6) is 0 Å². The number of carbonyl (C=O) groups is 2. The molecule has 0 aromatic heterocycles. The lowest BCUT2D eigenvalue weighted by atomic mass is 9.84. The Hall–Kier alpha value is -1.48. The highest BCUT2D eigenvalue weighted by atomic mass is 16.5. The Morgan fingerprint density at radius 1 is 1.60 bits per heavy atom. The number of ether oxygens (including phenoxy) is 1. The lowest BCUT2D eigenvalue weighted by Gasteiger charge is -2.15. The van der Waals surface area contributed by atoms with E-state index < -0.39 is 11.9 Å². The first kappa shape index (κ1) is 11.6. The van der Waals surface area contributed by atoms with E-state index in [1.54, 1.807) is 6.92 Å². The molecule has 0 aliphatic heterocycles. The second-order valence-corrected chi connectivity index (χ2v) is 3.47. The smallest absolute Gasteiger partial charge is 0.417 e. The Labute approximate surface area is 88.0 Å². The summed E-state index contributed by atoms with van der Waals surface area (Å²) in [7, 11) is 0. The molecular weight excluding hydrogens is 196 g/mol. The molecular formula is C10H14N2O3. The van der Waals surface area contributed by atoms with Crippen molar-refractivity contribution in [2.75, 3.05) is 6.61 Å². The quantitative estimate of drug-likeness (QED) is 0.301. The van der Waals surface area contributed by atoms with Crippen LogP contribution < -0.4 is 0 Å². The van der Waals surface area contributed by atoms with Crippen LogP contribution in [0.25, 0.3) is 5.53 Å². The van der Waals surface area contributed by atoms with E-state index in [9.17, 15) is 9.59 Å². The predicted molar refractivity (Wildman–Crippen MR) is 52.2 cm³/mol. The van der Waals surface area contributed by atoms with Crippen LogP contribution in [0, 0.1) is 5.92 Å². The van der Waals surface area contributed by atoms with E-state index >= 15 is 0 Å². The molecule has 1 rings (SSSR count). The Balaban J connectivity index is 2.78. The van der Waals surface area contributed by atoms with Gasteiger partial charge in [0.1, 0.15) is 11.7 Å². The molecule has 1 saturated carbocycles. The minimum absolute atomic E-state index is 0.0397. The molecule has 0 aromatic carbocycles. The molecule has 0 bridgehead atoms. The van der Waals surface area contributed by atoms with Gasteiger partial charge >= 0.3 is 11.7 Å². The summed E-state index contributed by atoms with van der Waals surface area (Å²) in [5.74, 6) is -1.31. The summed E-state index contributed by atoms with van der Waals surface area (Å²) in [6.45, 7) is 1.87. The molecule has 1 aliphatic rings. The van der Waals surface area contributed by atoms with Crippen molar-refractivity contribution >= 4 is 17.5 Å². The lowest BCUT2D eigenvalue weighted by Crippen LogP contribution is -2.34. The van der Waals surface area contributed by atoms with Crippen molar-refractivity contribution in [3.8, 4) is 0 Å². The van der Waals surface area contributed by atoms with E-state index in [0.29, 0.717) is 12.8 Å². The molecule has 15 heavy (non-hydrogen) atoms. The molecule has 0 amide bonds. The van der Waals surface area contributed by atoms with Crippen LogP contribution in [0.2, 0.25) is 0 Å². The Morgan fingerprint density at radius 3 is 2.87 bits per heavy atom. The molecule has 1 aliphatic carbocycles. The molecule has 0 radical (unpaired) electrons. The van der Waals surface area contributed by atoms with Crippen molar-refractivity contribution in [2.45, 2.75) is 32.6 Å². The van der Waals surface area contributed by atoms with Crippen LogP contribution in [0.3, 0.4) is 0 Å². The molecule has 0 aromatic rings. The molecule has 0 heterocycles. The summed E-state index contributed by atoms with van der Waals surface area (Å²) in [6, 6.07) is 0. The van der Waals surface area contributed by atoms with Crippen molar-refractivity contribution in [1.82, 2.24) is 0 Å². The summed E-state index contributed by atoms with van der Waals surface area (Å²) in [5, 5.41) is 0. The fourth-order valence-electron chi connectivity index (χ4n) is 1.73. The van der Waals surface area contributed by atoms with Gasteiger partial charge in [-0.25, -0.2) is 4.79 Å². The number of hydrogen-bond acceptors (Lipinski definition) is 3. The molecule has 5 heteroatoms. The third-order valence-electron chi connectivity index (χ3n) is 2.48. The van der Waals surface area contributed by atoms with Gasteiger partial charge in [0.2, 0.25) is 0 Å². The fourth-order valence-corrected chi connectivity index (χ4v) is 1.73. The van der Waals surface area contributed by atoms with Gasteiger partial charge in [0, 0.05) is 6.42 Å². The van der Waals surface area contributed by atoms with Gasteiger partial charge in [-0.3, -0.25) is 4.79 Å². The van der Waals surface area contributed by atoms with E-state index in [1.165, 1.54) is 0 Å². The average Bonchev–Trinajstić information content (AvgIpc) is 2.22. The number of esters is 1. The van der Waals surface area contributed by atoms with Crippen LogP contribution >= 0.6 is 0 Å². The van der Waals surface area contributed by atoms with Gasteiger partial charge in [0.05, 0.1) is 6.61 Å². The molecule has 1 atom stereocenters. The van der Waals surface area contributed by atoms with Gasteiger partial charge in [-0.1, -0.05) is 6.42 Å². The van der Waals surface area contributed by atoms with E-state index in [4.69, 9.17) is 10.3 Å². The highest BCUT2D eigenvalue weighted by Crippen LogP contribution is 2.21. The number of ketones is 1. The molecule has 1 unspecified atom stereocenters. The highest BCUT2D eigenvalue weighted by molar-refractivity contribution is 6.38. The first-order valence-electron chi connectivity index (χ1n) is 5.12. The molecule has 82 valence electrons. The zero-order valence-electron chi connectivity index (χ0n) is 8.73. The third kappa shape index (κ3) is 2.73. The minimum atomic E-state index is -0.694. The second-order valence-electron chi connectivity index (χ2n) is 3.47. The highest BCUT2D eigenvalue weighted by Gasteiger charge is 2.38. The number of rotatable bonds is 3. The molecule has 1 fully saturated rings. The summed E-state index contributed by atoms with van der Waals surface area (Å²) in [6.07, 6.45) is 2.73. The summed E-state index contributed by atoms with van der Waals surface area (Å²) in [5.41, 5.74) is 8.58. The van der Waals surface area contributed by atoms with Crippen LogP contribution in [0.4, 0.5) is 0 Å². The Kier molecular flexibility index (Phi) is 4.18. The summed E-state index contributed by atoms with van der Waals surface area (Å²) < 4.78 is 4.71. The molecule has 0 N–H and O–H groups in total. The third-order valence-corrected chi connectivity index (χ3v) is 2.48. The van der Waals surface area contributed by atoms with Crippen LogP contribution in [0.15, 0.2) is 0 Å². The Bertz CT molecular complexity index is 319. The van der Waals surface area contributed by atoms with Crippen molar-refractivity contribution in [1.29, 1.82) is 0 Å². The Morgan fingerprint density at radius 2 is 2.33 bits per heavy atom. The van der Waals surface area contributed by atoms with Crippen LogP contribution in [-0.2, 0) is 14.3 Å². The monoisotopic (exact) mass is 210 g/mol. The number of nitrogens with zero attached hydrogens (tertiary/aromatic N) is 2. The van der Waals surface area contributed by atoms with Gasteiger partial charge in [-0.15, -0.1) is 0 Å². The SMILES string of the molecule is CCOC(=O)C(=[N+]=[N-])C1CCCCC1=O. The fraction of sp³-hybridized carbons (Fsp3) is 0.700. The standard InChI is InChI=1S/C10H14N2O3/c1-2-15-10(14)9(12-11)7-5-3-4-6-8(7)13/h7H,2-6H2,1H3. The molecule has 0 spiro atoms. The van der Waals surface area contributed by atoms with Gasteiger partial charge in [-0.05, 0) is 19.8 Å². The topological polar surface area (TPSA) is 79.8 Å². The number of carbonyl (C=O) groups excluding carboxylic acids is 2. The van der Waals surface area contributed by atoms with Gasteiger partial charge in [0.25, 0.3) is 0 Å². The van der Waals surface area contributed by atoms with Crippen molar-refractivity contribution in [3.63, 3.8) is 0 Å². The van der Waals surface area contributed by atoms with Gasteiger partial charge < -0.3 is 10.3 Å². The minimum Gasteiger partial charge on any atom is -0.457 e. The van der Waals surface area contributed by atoms with Crippen LogP contribution in [0.1, 0.15) is 32.6 Å². The first-order valence-corrected chi connectivity index (χ1v) is 5.12. The van der Waals surface area contributed by atoms with Crippen molar-refractivity contribution < 1.29 is 19.1 Å². The van der Waals surface area contributed by atoms with Crippen molar-refractivity contribution in [2.24, 2.45) is 5.92 Å². The van der Waals surface area contributed by atoms with E-state index in [0.717, 1.165) is 12.8 Å².